The summed E-state index contributed by atoms with van der Waals surface area (Å²) in [7, 11) is 3.21. The summed E-state index contributed by atoms with van der Waals surface area (Å²) >= 11 is 3.52. The number of halogens is 1. The largest absolute Gasteiger partial charge is 0.495 e. The lowest BCUT2D eigenvalue weighted by molar-refractivity contribution is 0.0285. The van der Waals surface area contributed by atoms with E-state index >= 15 is 0 Å². The number of ether oxygens (including phenoxy) is 3. The summed E-state index contributed by atoms with van der Waals surface area (Å²) in [4.78, 5) is 14.0. The van der Waals surface area contributed by atoms with Crippen molar-refractivity contribution >= 4 is 22.0 Å². The summed E-state index contributed by atoms with van der Waals surface area (Å²) in [5.74, 6) is 7.36. The number of carbonyl (C=O) groups is 1. The molecule has 146 valence electrons. The zero-order chi connectivity index (χ0) is 19.5. The molecule has 1 aliphatic heterocycles. The Morgan fingerprint density at radius 1 is 1.35 bits per heavy atom. The SMILES string of the molecule is COc1ccc(C(NN)C2CCN(C(=O)OC(C)(C)C)C2)c(OC)c1Br. The van der Waals surface area contributed by atoms with Gasteiger partial charge in [-0.25, -0.2) is 4.79 Å². The molecule has 1 heterocycles. The van der Waals surface area contributed by atoms with Crippen LogP contribution < -0.4 is 20.7 Å². The molecular weight excluding hydrogens is 402 g/mol. The number of hydrazine groups is 1. The summed E-state index contributed by atoms with van der Waals surface area (Å²) in [5, 5.41) is 0. The normalized spacial score (nSPS) is 18.6. The van der Waals surface area contributed by atoms with Crippen LogP contribution in [-0.4, -0.2) is 43.9 Å². The highest BCUT2D eigenvalue weighted by atomic mass is 79.9. The van der Waals surface area contributed by atoms with Crippen molar-refractivity contribution < 1.29 is 19.0 Å². The van der Waals surface area contributed by atoms with Crippen LogP contribution in [-0.2, 0) is 4.74 Å². The molecule has 26 heavy (non-hydrogen) atoms. The first-order chi connectivity index (χ1) is 12.2. The van der Waals surface area contributed by atoms with Gasteiger partial charge in [-0.3, -0.25) is 11.3 Å². The van der Waals surface area contributed by atoms with Gasteiger partial charge in [0.2, 0.25) is 0 Å². The first-order valence-corrected chi connectivity index (χ1v) is 9.35. The molecular formula is C18H28BrN3O4. The van der Waals surface area contributed by atoms with Gasteiger partial charge in [0.1, 0.15) is 21.6 Å². The van der Waals surface area contributed by atoms with E-state index in [2.05, 4.69) is 21.4 Å². The minimum absolute atomic E-state index is 0.140. The van der Waals surface area contributed by atoms with Crippen LogP contribution in [0.1, 0.15) is 38.8 Å². The van der Waals surface area contributed by atoms with E-state index in [9.17, 15) is 4.79 Å². The number of benzene rings is 1. The summed E-state index contributed by atoms with van der Waals surface area (Å²) in [6.07, 6.45) is 0.527. The summed E-state index contributed by atoms with van der Waals surface area (Å²) < 4.78 is 17.1. The highest BCUT2D eigenvalue weighted by Gasteiger charge is 2.36. The van der Waals surface area contributed by atoms with Crippen molar-refractivity contribution in [3.63, 3.8) is 0 Å². The molecule has 0 aliphatic carbocycles. The van der Waals surface area contributed by atoms with Gasteiger partial charge in [-0.15, -0.1) is 0 Å². The van der Waals surface area contributed by atoms with Gasteiger partial charge in [-0.1, -0.05) is 0 Å². The molecule has 0 bridgehead atoms. The molecule has 0 spiro atoms. The minimum atomic E-state index is -0.509. The number of amides is 1. The number of carbonyl (C=O) groups excluding carboxylic acids is 1. The van der Waals surface area contributed by atoms with Crippen LogP contribution in [0.4, 0.5) is 4.79 Å². The maximum atomic E-state index is 12.3. The number of nitrogens with two attached hydrogens (primary N) is 1. The first kappa shape index (κ1) is 20.8. The van der Waals surface area contributed by atoms with E-state index < -0.39 is 5.60 Å². The molecule has 2 rings (SSSR count). The van der Waals surface area contributed by atoms with Gasteiger partial charge in [0.15, 0.2) is 0 Å². The van der Waals surface area contributed by atoms with Gasteiger partial charge in [-0.05, 0) is 61.2 Å². The molecule has 1 saturated heterocycles. The molecule has 8 heteroatoms. The third-order valence-electron chi connectivity index (χ3n) is 4.38. The van der Waals surface area contributed by atoms with E-state index in [1.807, 2.05) is 32.9 Å². The zero-order valence-corrected chi connectivity index (χ0v) is 17.6. The molecule has 0 saturated carbocycles. The molecule has 1 fully saturated rings. The predicted molar refractivity (Wildman–Crippen MR) is 103 cm³/mol. The highest BCUT2D eigenvalue weighted by molar-refractivity contribution is 9.10. The molecule has 0 aromatic heterocycles. The molecule has 1 aromatic carbocycles. The maximum absolute atomic E-state index is 12.3. The van der Waals surface area contributed by atoms with Gasteiger partial charge in [-0.2, -0.15) is 0 Å². The van der Waals surface area contributed by atoms with Crippen LogP contribution in [0, 0.1) is 5.92 Å². The standard InChI is InChI=1S/C18H28BrN3O4/c1-18(2,3)26-17(23)22-9-8-11(10-22)15(21-20)12-6-7-13(24-4)14(19)16(12)25-5/h6-7,11,15,21H,8-10,20H2,1-5H3. The van der Waals surface area contributed by atoms with Crippen molar-refractivity contribution in [1.29, 1.82) is 0 Å². The summed E-state index contributed by atoms with van der Waals surface area (Å²) in [6, 6.07) is 3.63. The van der Waals surface area contributed by atoms with E-state index in [4.69, 9.17) is 20.1 Å². The lowest BCUT2D eigenvalue weighted by atomic mass is 9.92. The number of hydrogen-bond donors (Lipinski definition) is 2. The molecule has 3 N–H and O–H groups in total. The van der Waals surface area contributed by atoms with Gasteiger partial charge >= 0.3 is 6.09 Å². The van der Waals surface area contributed by atoms with Crippen LogP contribution in [0.25, 0.3) is 0 Å². The molecule has 2 unspecified atom stereocenters. The number of hydrogen-bond acceptors (Lipinski definition) is 6. The van der Waals surface area contributed by atoms with E-state index in [0.29, 0.717) is 24.6 Å². The van der Waals surface area contributed by atoms with Crippen molar-refractivity contribution in [2.75, 3.05) is 27.3 Å². The third-order valence-corrected chi connectivity index (χ3v) is 5.13. The Bertz CT molecular complexity index is 648. The zero-order valence-electron chi connectivity index (χ0n) is 16.0. The Labute approximate surface area is 163 Å². The Morgan fingerprint density at radius 2 is 2.04 bits per heavy atom. The van der Waals surface area contributed by atoms with Crippen LogP contribution in [0.2, 0.25) is 0 Å². The van der Waals surface area contributed by atoms with Crippen LogP contribution >= 0.6 is 15.9 Å². The number of nitrogens with zero attached hydrogens (tertiary/aromatic N) is 1. The fraction of sp³-hybridized carbons (Fsp3) is 0.611. The monoisotopic (exact) mass is 429 g/mol. The summed E-state index contributed by atoms with van der Waals surface area (Å²) in [6.45, 7) is 6.79. The Morgan fingerprint density at radius 3 is 2.58 bits per heavy atom. The molecule has 1 aromatic rings. The fourth-order valence-electron chi connectivity index (χ4n) is 3.19. The summed E-state index contributed by atoms with van der Waals surface area (Å²) in [5.41, 5.74) is 3.29. The maximum Gasteiger partial charge on any atom is 0.410 e. The topological polar surface area (TPSA) is 86.1 Å². The Kier molecular flexibility index (Phi) is 6.76. The Balaban J connectivity index is 2.20. The number of nitrogens with one attached hydrogen (secondary N) is 1. The van der Waals surface area contributed by atoms with Gasteiger partial charge in [0.05, 0.1) is 20.3 Å². The van der Waals surface area contributed by atoms with Crippen molar-refractivity contribution in [2.45, 2.75) is 38.8 Å². The lowest BCUT2D eigenvalue weighted by Crippen LogP contribution is -2.38. The first-order valence-electron chi connectivity index (χ1n) is 8.56. The second kappa shape index (κ2) is 8.45. The average Bonchev–Trinajstić information content (AvgIpc) is 3.04. The van der Waals surface area contributed by atoms with Crippen molar-refractivity contribution in [1.82, 2.24) is 10.3 Å². The van der Waals surface area contributed by atoms with Crippen molar-refractivity contribution in [3.05, 3.63) is 22.2 Å². The molecule has 7 nitrogen and oxygen atoms in total. The lowest BCUT2D eigenvalue weighted by Gasteiger charge is -2.27. The molecule has 0 radical (unpaired) electrons. The fourth-order valence-corrected chi connectivity index (χ4v) is 3.88. The molecule has 1 aliphatic rings. The van der Waals surface area contributed by atoms with E-state index in [-0.39, 0.29) is 18.1 Å². The smallest absolute Gasteiger partial charge is 0.410 e. The predicted octanol–water partition coefficient (Wildman–Crippen LogP) is 3.23. The average molecular weight is 430 g/mol. The van der Waals surface area contributed by atoms with Crippen LogP contribution in [0.15, 0.2) is 16.6 Å². The van der Waals surface area contributed by atoms with Crippen LogP contribution in [0.3, 0.4) is 0 Å². The number of methoxy groups -OCH3 is 2. The number of likely N-dealkylation sites (tertiary alicyclic amines) is 1. The van der Waals surface area contributed by atoms with Crippen molar-refractivity contribution in [2.24, 2.45) is 11.8 Å². The van der Waals surface area contributed by atoms with Crippen LogP contribution in [0.5, 0.6) is 11.5 Å². The molecule has 1 amide bonds. The minimum Gasteiger partial charge on any atom is -0.495 e. The third kappa shape index (κ3) is 4.61. The number of rotatable bonds is 5. The Hall–Kier alpha value is -1.51. The second-order valence-corrected chi connectivity index (χ2v) is 8.12. The van der Waals surface area contributed by atoms with Gasteiger partial charge in [0.25, 0.3) is 0 Å². The van der Waals surface area contributed by atoms with Gasteiger partial charge < -0.3 is 19.1 Å². The van der Waals surface area contributed by atoms with E-state index in [1.165, 1.54) is 0 Å². The van der Waals surface area contributed by atoms with E-state index in [0.717, 1.165) is 16.5 Å². The highest BCUT2D eigenvalue weighted by Crippen LogP contribution is 2.42. The van der Waals surface area contributed by atoms with Gasteiger partial charge in [0, 0.05) is 18.7 Å². The quantitative estimate of drug-likeness (QED) is 0.551. The molecule has 2 atom stereocenters. The van der Waals surface area contributed by atoms with Crippen molar-refractivity contribution in [3.8, 4) is 11.5 Å². The van der Waals surface area contributed by atoms with E-state index in [1.54, 1.807) is 19.1 Å². The second-order valence-electron chi connectivity index (χ2n) is 7.32.